The molecule has 20 heavy (non-hydrogen) atoms. The maximum absolute atomic E-state index is 11.9. The number of Topliss-reactive ketones (excluding diaryl/α,β-unsaturated/α-hetero) is 1. The molecule has 0 heterocycles. The number of allylic oxidation sites excluding steroid dienone is 1. The van der Waals surface area contributed by atoms with Crippen molar-refractivity contribution in [3.63, 3.8) is 0 Å². The van der Waals surface area contributed by atoms with Crippen molar-refractivity contribution >= 4 is 11.8 Å². The number of carbonyl (C=O) groups excluding carboxylic acids is 2. The Labute approximate surface area is 120 Å². The molecule has 1 fully saturated rings. The Balaban J connectivity index is 2.30. The van der Waals surface area contributed by atoms with E-state index < -0.39 is 5.60 Å². The molecule has 0 amide bonds. The third kappa shape index (κ3) is 2.53. The summed E-state index contributed by atoms with van der Waals surface area (Å²) in [5.41, 5.74) is 0.991. The molecule has 2 rings (SSSR count). The van der Waals surface area contributed by atoms with Gasteiger partial charge in [-0.1, -0.05) is 12.5 Å². The van der Waals surface area contributed by atoms with Gasteiger partial charge in [0, 0.05) is 12.3 Å². The summed E-state index contributed by atoms with van der Waals surface area (Å²) in [5, 5.41) is 10.7. The maximum atomic E-state index is 11.9. The van der Waals surface area contributed by atoms with Crippen LogP contribution in [0, 0.1) is 17.8 Å². The normalized spacial score (nSPS) is 35.5. The largest absolute Gasteiger partial charge is 0.469 e. The van der Waals surface area contributed by atoms with Crippen LogP contribution >= 0.6 is 0 Å². The Kier molecular flexibility index (Phi) is 4.05. The van der Waals surface area contributed by atoms with Gasteiger partial charge in [-0.2, -0.15) is 0 Å². The number of aliphatic hydroxyl groups is 1. The Bertz CT molecular complexity index is 461. The molecule has 4 nitrogen and oxygen atoms in total. The predicted octanol–water partition coefficient (Wildman–Crippen LogP) is 2.25. The lowest BCUT2D eigenvalue weighted by atomic mass is 9.82. The van der Waals surface area contributed by atoms with Crippen molar-refractivity contribution < 1.29 is 19.4 Å². The highest BCUT2D eigenvalue weighted by molar-refractivity contribution is 5.98. The number of hydrogen-bond donors (Lipinski definition) is 1. The summed E-state index contributed by atoms with van der Waals surface area (Å²) in [4.78, 5) is 23.7. The summed E-state index contributed by atoms with van der Waals surface area (Å²) in [6.07, 6.45) is 2.53. The van der Waals surface area contributed by atoms with Crippen molar-refractivity contribution in [2.45, 2.75) is 52.1 Å². The highest BCUT2D eigenvalue weighted by Gasteiger charge is 2.45. The first kappa shape index (κ1) is 15.2. The van der Waals surface area contributed by atoms with E-state index in [-0.39, 0.29) is 29.5 Å². The first-order valence-corrected chi connectivity index (χ1v) is 7.31. The standard InChI is InChI=1S/C16H24O4/c1-9(15(18)20-4)11-5-6-16(3,19)13-8-14(17)10(2)12(13)7-11/h9,11,13,19H,5-8H2,1-4H3/t9-,11+,13+,16+/m0/s1. The van der Waals surface area contributed by atoms with Crippen molar-refractivity contribution in [2.75, 3.05) is 7.11 Å². The molecule has 1 N–H and O–H groups in total. The van der Waals surface area contributed by atoms with Gasteiger partial charge < -0.3 is 9.84 Å². The molecule has 2 aliphatic rings. The number of methoxy groups -OCH3 is 1. The van der Waals surface area contributed by atoms with E-state index in [0.29, 0.717) is 19.3 Å². The number of fused-ring (bicyclic) bond motifs is 1. The van der Waals surface area contributed by atoms with E-state index in [1.807, 2.05) is 20.8 Å². The lowest BCUT2D eigenvalue weighted by Crippen LogP contribution is -2.33. The summed E-state index contributed by atoms with van der Waals surface area (Å²) >= 11 is 0. The molecule has 0 aromatic heterocycles. The van der Waals surface area contributed by atoms with Crippen LogP contribution in [0.4, 0.5) is 0 Å². The molecule has 112 valence electrons. The van der Waals surface area contributed by atoms with Gasteiger partial charge >= 0.3 is 5.97 Å². The maximum Gasteiger partial charge on any atom is 0.308 e. The molecule has 0 aromatic carbocycles. The van der Waals surface area contributed by atoms with Crippen LogP contribution in [-0.4, -0.2) is 29.6 Å². The fourth-order valence-electron chi connectivity index (χ4n) is 3.63. The zero-order valence-corrected chi connectivity index (χ0v) is 12.7. The lowest BCUT2D eigenvalue weighted by molar-refractivity contribution is -0.146. The molecule has 4 atom stereocenters. The van der Waals surface area contributed by atoms with Gasteiger partial charge in [0.2, 0.25) is 0 Å². The molecule has 0 aliphatic heterocycles. The van der Waals surface area contributed by atoms with E-state index in [1.54, 1.807) is 0 Å². The third-order valence-electron chi connectivity index (χ3n) is 5.24. The predicted molar refractivity (Wildman–Crippen MR) is 75.0 cm³/mol. The van der Waals surface area contributed by atoms with E-state index in [9.17, 15) is 14.7 Å². The van der Waals surface area contributed by atoms with E-state index in [1.165, 1.54) is 7.11 Å². The van der Waals surface area contributed by atoms with Crippen molar-refractivity contribution in [1.82, 2.24) is 0 Å². The van der Waals surface area contributed by atoms with Crippen LogP contribution in [0.15, 0.2) is 11.1 Å². The molecule has 0 spiro atoms. The number of ether oxygens (including phenoxy) is 1. The number of ketones is 1. The second kappa shape index (κ2) is 5.32. The van der Waals surface area contributed by atoms with E-state index in [4.69, 9.17) is 4.74 Å². The number of rotatable bonds is 2. The topological polar surface area (TPSA) is 63.6 Å². The zero-order valence-electron chi connectivity index (χ0n) is 12.7. The fourth-order valence-corrected chi connectivity index (χ4v) is 3.63. The van der Waals surface area contributed by atoms with Crippen molar-refractivity contribution in [3.8, 4) is 0 Å². The average molecular weight is 280 g/mol. The molecule has 0 bridgehead atoms. The van der Waals surface area contributed by atoms with Gasteiger partial charge in [-0.15, -0.1) is 0 Å². The van der Waals surface area contributed by atoms with Crippen LogP contribution in [-0.2, 0) is 14.3 Å². The summed E-state index contributed by atoms with van der Waals surface area (Å²) in [7, 11) is 1.40. The Morgan fingerprint density at radius 1 is 1.45 bits per heavy atom. The van der Waals surface area contributed by atoms with Crippen LogP contribution < -0.4 is 0 Å². The van der Waals surface area contributed by atoms with Crippen LogP contribution in [0.3, 0.4) is 0 Å². The van der Waals surface area contributed by atoms with E-state index in [0.717, 1.165) is 17.6 Å². The average Bonchev–Trinajstić information content (AvgIpc) is 2.62. The van der Waals surface area contributed by atoms with E-state index in [2.05, 4.69) is 0 Å². The molecule has 4 heteroatoms. The second-order valence-corrected chi connectivity index (χ2v) is 6.50. The van der Waals surface area contributed by atoms with Gasteiger partial charge in [0.15, 0.2) is 5.78 Å². The highest BCUT2D eigenvalue weighted by atomic mass is 16.5. The van der Waals surface area contributed by atoms with Crippen molar-refractivity contribution in [1.29, 1.82) is 0 Å². The summed E-state index contributed by atoms with van der Waals surface area (Å²) in [6.45, 7) is 5.53. The van der Waals surface area contributed by atoms with Crippen LogP contribution in [0.25, 0.3) is 0 Å². The highest BCUT2D eigenvalue weighted by Crippen LogP contribution is 2.47. The van der Waals surface area contributed by atoms with Gasteiger partial charge in [-0.25, -0.2) is 0 Å². The van der Waals surface area contributed by atoms with Crippen LogP contribution in [0.5, 0.6) is 0 Å². The quantitative estimate of drug-likeness (QED) is 0.788. The van der Waals surface area contributed by atoms with Crippen molar-refractivity contribution in [3.05, 3.63) is 11.1 Å². The monoisotopic (exact) mass is 280 g/mol. The first-order chi connectivity index (χ1) is 9.27. The van der Waals surface area contributed by atoms with E-state index >= 15 is 0 Å². The molecule has 1 saturated carbocycles. The van der Waals surface area contributed by atoms with Gasteiger partial charge in [0.25, 0.3) is 0 Å². The Morgan fingerprint density at radius 2 is 2.10 bits per heavy atom. The second-order valence-electron chi connectivity index (χ2n) is 6.50. The molecule has 0 saturated heterocycles. The van der Waals surface area contributed by atoms with Gasteiger partial charge in [-0.05, 0) is 44.6 Å². The van der Waals surface area contributed by atoms with Gasteiger partial charge in [-0.3, -0.25) is 9.59 Å². The first-order valence-electron chi connectivity index (χ1n) is 7.31. The van der Waals surface area contributed by atoms with Crippen LogP contribution in [0.1, 0.15) is 46.5 Å². The number of carbonyl (C=O) groups is 2. The molecule has 2 aliphatic carbocycles. The minimum absolute atomic E-state index is 0.0788. The van der Waals surface area contributed by atoms with Gasteiger partial charge in [0.1, 0.15) is 0 Å². The molecular weight excluding hydrogens is 256 g/mol. The minimum atomic E-state index is -0.854. The SMILES string of the molecule is COC(=O)[C@@H](C)[C@@H]1CC[C@@](C)(O)[C@@H]2CC(=O)C(C)=C2C1. The fraction of sp³-hybridized carbons (Fsp3) is 0.750. The molecule has 0 unspecified atom stereocenters. The van der Waals surface area contributed by atoms with Crippen LogP contribution in [0.2, 0.25) is 0 Å². The number of esters is 1. The summed E-state index contributed by atoms with van der Waals surface area (Å²) in [6, 6.07) is 0. The van der Waals surface area contributed by atoms with Gasteiger partial charge in [0.05, 0.1) is 18.6 Å². The number of hydrogen-bond acceptors (Lipinski definition) is 4. The Morgan fingerprint density at radius 3 is 2.70 bits per heavy atom. The summed E-state index contributed by atoms with van der Waals surface area (Å²) in [5.74, 6) is -0.225. The minimum Gasteiger partial charge on any atom is -0.469 e. The Hall–Kier alpha value is -1.16. The lowest BCUT2D eigenvalue weighted by Gasteiger charge is -2.29. The van der Waals surface area contributed by atoms with Crippen molar-refractivity contribution in [2.24, 2.45) is 17.8 Å². The smallest absolute Gasteiger partial charge is 0.308 e. The molecule has 0 radical (unpaired) electrons. The zero-order chi connectivity index (χ0) is 15.1. The molecular formula is C16H24O4. The molecule has 0 aromatic rings. The third-order valence-corrected chi connectivity index (χ3v) is 5.24. The summed E-state index contributed by atoms with van der Waals surface area (Å²) < 4.78 is 4.83.